The molecule has 0 aliphatic rings. The van der Waals surface area contributed by atoms with Crippen LogP contribution in [0.5, 0.6) is 0 Å². The van der Waals surface area contributed by atoms with E-state index in [4.69, 9.17) is 0 Å². The highest BCUT2D eigenvalue weighted by molar-refractivity contribution is 7.09. The third kappa shape index (κ3) is 6.56. The molecule has 1 rings (SSSR count). The SMILES string of the molecule is CC[C@@H](C)NC(=O)[C@H](C)NC(=O)NCc1csc(C(C)(C)C)n1. The van der Waals surface area contributed by atoms with E-state index in [0.717, 1.165) is 17.1 Å². The summed E-state index contributed by atoms with van der Waals surface area (Å²) < 4.78 is 0. The fourth-order valence-corrected chi connectivity index (χ4v) is 2.59. The number of urea groups is 1. The number of nitrogens with zero attached hydrogens (tertiary/aromatic N) is 1. The van der Waals surface area contributed by atoms with Crippen LogP contribution in [0.2, 0.25) is 0 Å². The van der Waals surface area contributed by atoms with Gasteiger partial charge in [-0.05, 0) is 20.3 Å². The van der Waals surface area contributed by atoms with Crippen LogP contribution in [0.15, 0.2) is 5.38 Å². The molecule has 0 aliphatic carbocycles. The second-order valence-corrected chi connectivity index (χ2v) is 7.62. The van der Waals surface area contributed by atoms with E-state index in [1.165, 1.54) is 0 Å². The van der Waals surface area contributed by atoms with E-state index < -0.39 is 6.04 Å². The third-order valence-corrected chi connectivity index (χ3v) is 4.68. The molecule has 0 radical (unpaired) electrons. The summed E-state index contributed by atoms with van der Waals surface area (Å²) in [4.78, 5) is 28.3. The average molecular weight is 340 g/mol. The number of hydrogen-bond acceptors (Lipinski definition) is 4. The number of thiazole rings is 1. The van der Waals surface area contributed by atoms with Crippen molar-refractivity contribution in [3.05, 3.63) is 16.1 Å². The maximum Gasteiger partial charge on any atom is 0.315 e. The van der Waals surface area contributed by atoms with Crippen molar-refractivity contribution in [2.24, 2.45) is 0 Å². The molecule has 7 heteroatoms. The van der Waals surface area contributed by atoms with Gasteiger partial charge in [0.2, 0.25) is 5.91 Å². The molecule has 0 fully saturated rings. The fraction of sp³-hybridized carbons (Fsp3) is 0.688. The van der Waals surface area contributed by atoms with Gasteiger partial charge in [-0.3, -0.25) is 4.79 Å². The highest BCUT2D eigenvalue weighted by Gasteiger charge is 2.19. The molecule has 1 aromatic heterocycles. The first kappa shape index (κ1) is 19.4. The van der Waals surface area contributed by atoms with Crippen molar-refractivity contribution in [3.63, 3.8) is 0 Å². The van der Waals surface area contributed by atoms with Crippen LogP contribution in [-0.2, 0) is 16.8 Å². The van der Waals surface area contributed by atoms with Crippen molar-refractivity contribution >= 4 is 23.3 Å². The Morgan fingerprint density at radius 2 is 1.91 bits per heavy atom. The second kappa shape index (κ2) is 8.29. The van der Waals surface area contributed by atoms with Crippen molar-refractivity contribution in [3.8, 4) is 0 Å². The Hall–Kier alpha value is -1.63. The van der Waals surface area contributed by atoms with Crippen LogP contribution in [0, 0.1) is 0 Å². The predicted octanol–water partition coefficient (Wildman–Crippen LogP) is 2.54. The number of nitrogens with one attached hydrogen (secondary N) is 3. The zero-order chi connectivity index (χ0) is 17.6. The Kier molecular flexibility index (Phi) is 7.00. The van der Waals surface area contributed by atoms with Gasteiger partial charge in [-0.1, -0.05) is 27.7 Å². The molecule has 0 aromatic carbocycles. The monoisotopic (exact) mass is 340 g/mol. The third-order valence-electron chi connectivity index (χ3n) is 3.37. The lowest BCUT2D eigenvalue weighted by atomic mass is 9.98. The van der Waals surface area contributed by atoms with Gasteiger partial charge in [-0.25, -0.2) is 9.78 Å². The number of amides is 3. The first-order valence-corrected chi connectivity index (χ1v) is 8.81. The van der Waals surface area contributed by atoms with Gasteiger partial charge in [0.15, 0.2) is 0 Å². The lowest BCUT2D eigenvalue weighted by Gasteiger charge is -2.17. The molecule has 2 atom stereocenters. The Bertz CT molecular complexity index is 536. The minimum Gasteiger partial charge on any atom is -0.352 e. The van der Waals surface area contributed by atoms with E-state index in [9.17, 15) is 9.59 Å². The van der Waals surface area contributed by atoms with Crippen molar-refractivity contribution < 1.29 is 9.59 Å². The molecule has 0 aliphatic heterocycles. The summed E-state index contributed by atoms with van der Waals surface area (Å²) in [5.74, 6) is -0.182. The summed E-state index contributed by atoms with van der Waals surface area (Å²) in [5, 5.41) is 11.2. The van der Waals surface area contributed by atoms with Gasteiger partial charge in [0.25, 0.3) is 0 Å². The van der Waals surface area contributed by atoms with Crippen LogP contribution < -0.4 is 16.0 Å². The van der Waals surface area contributed by atoms with Crippen molar-refractivity contribution in [1.82, 2.24) is 20.9 Å². The molecule has 23 heavy (non-hydrogen) atoms. The molecule has 6 nitrogen and oxygen atoms in total. The Morgan fingerprint density at radius 1 is 1.26 bits per heavy atom. The van der Waals surface area contributed by atoms with Gasteiger partial charge in [-0.15, -0.1) is 11.3 Å². The first-order valence-electron chi connectivity index (χ1n) is 7.93. The lowest BCUT2D eigenvalue weighted by molar-refractivity contribution is -0.123. The van der Waals surface area contributed by atoms with Crippen LogP contribution in [0.1, 0.15) is 58.7 Å². The smallest absolute Gasteiger partial charge is 0.315 e. The molecular formula is C16H28N4O2S. The zero-order valence-corrected chi connectivity index (χ0v) is 15.6. The lowest BCUT2D eigenvalue weighted by Crippen LogP contribution is -2.50. The summed E-state index contributed by atoms with van der Waals surface area (Å²) in [6, 6.07) is -0.854. The molecule has 0 saturated carbocycles. The molecular weight excluding hydrogens is 312 g/mol. The molecule has 0 bridgehead atoms. The van der Waals surface area contributed by atoms with Crippen LogP contribution in [-0.4, -0.2) is 29.0 Å². The summed E-state index contributed by atoms with van der Waals surface area (Å²) in [6.45, 7) is 12.2. The Balaban J connectivity index is 2.42. The van der Waals surface area contributed by atoms with E-state index in [2.05, 4.69) is 41.7 Å². The zero-order valence-electron chi connectivity index (χ0n) is 14.8. The maximum absolute atomic E-state index is 11.9. The van der Waals surface area contributed by atoms with Crippen LogP contribution >= 0.6 is 11.3 Å². The van der Waals surface area contributed by atoms with Crippen LogP contribution in [0.3, 0.4) is 0 Å². The largest absolute Gasteiger partial charge is 0.352 e. The molecule has 130 valence electrons. The number of carbonyl (C=O) groups excluding carboxylic acids is 2. The minimum atomic E-state index is -0.579. The number of aromatic nitrogens is 1. The van der Waals surface area contributed by atoms with E-state index in [-0.39, 0.29) is 23.4 Å². The normalized spacial score (nSPS) is 14.0. The quantitative estimate of drug-likeness (QED) is 0.744. The average Bonchev–Trinajstić information content (AvgIpc) is 2.93. The van der Waals surface area contributed by atoms with Crippen molar-refractivity contribution in [2.45, 2.75) is 72.0 Å². The van der Waals surface area contributed by atoms with E-state index >= 15 is 0 Å². The summed E-state index contributed by atoms with van der Waals surface area (Å²) in [6.07, 6.45) is 0.852. The topological polar surface area (TPSA) is 83.1 Å². The standard InChI is InChI=1S/C16H28N4O2S/c1-7-10(2)18-13(21)11(3)19-15(22)17-8-12-9-23-14(20-12)16(4,5)6/h9-11H,7-8H2,1-6H3,(H,18,21)(H2,17,19,22)/t10-,11+/m1/s1. The number of carbonyl (C=O) groups is 2. The van der Waals surface area contributed by atoms with Gasteiger partial charge in [0.1, 0.15) is 6.04 Å². The molecule has 0 spiro atoms. The van der Waals surface area contributed by atoms with Gasteiger partial charge in [-0.2, -0.15) is 0 Å². The molecule has 1 aromatic rings. The van der Waals surface area contributed by atoms with Crippen LogP contribution in [0.25, 0.3) is 0 Å². The molecule has 0 saturated heterocycles. The summed E-state index contributed by atoms with van der Waals surface area (Å²) in [5.41, 5.74) is 0.833. The van der Waals surface area contributed by atoms with Gasteiger partial charge < -0.3 is 16.0 Å². The summed E-state index contributed by atoms with van der Waals surface area (Å²) >= 11 is 1.59. The van der Waals surface area contributed by atoms with Crippen LogP contribution in [0.4, 0.5) is 4.79 Å². The van der Waals surface area contributed by atoms with Crippen molar-refractivity contribution in [2.75, 3.05) is 0 Å². The van der Waals surface area contributed by atoms with E-state index in [0.29, 0.717) is 6.54 Å². The number of rotatable bonds is 6. The summed E-state index contributed by atoms with van der Waals surface area (Å²) in [7, 11) is 0. The second-order valence-electron chi connectivity index (χ2n) is 6.76. The highest BCUT2D eigenvalue weighted by atomic mass is 32.1. The maximum atomic E-state index is 11.9. The molecule has 3 N–H and O–H groups in total. The van der Waals surface area contributed by atoms with Gasteiger partial charge in [0.05, 0.1) is 17.2 Å². The predicted molar refractivity (Wildman–Crippen MR) is 93.5 cm³/mol. The Morgan fingerprint density at radius 3 is 2.43 bits per heavy atom. The van der Waals surface area contributed by atoms with Gasteiger partial charge >= 0.3 is 6.03 Å². The molecule has 0 unspecified atom stereocenters. The first-order chi connectivity index (χ1) is 10.6. The fourth-order valence-electron chi connectivity index (χ4n) is 1.69. The Labute approximate surface area is 142 Å². The van der Waals surface area contributed by atoms with E-state index in [1.807, 2.05) is 19.2 Å². The minimum absolute atomic E-state index is 0.00769. The molecule has 1 heterocycles. The van der Waals surface area contributed by atoms with Gasteiger partial charge in [0, 0.05) is 16.8 Å². The number of hydrogen-bond donors (Lipinski definition) is 3. The van der Waals surface area contributed by atoms with E-state index in [1.54, 1.807) is 18.3 Å². The highest BCUT2D eigenvalue weighted by Crippen LogP contribution is 2.25. The molecule has 3 amide bonds. The van der Waals surface area contributed by atoms with Crippen molar-refractivity contribution in [1.29, 1.82) is 0 Å².